The molecule has 18 heavy (non-hydrogen) atoms. The number of nitrogens with two attached hydrogens (primary N) is 2. The lowest BCUT2D eigenvalue weighted by atomic mass is 10.0. The number of hydrogen-bond acceptors (Lipinski definition) is 2. The fraction of sp³-hybridized carbons (Fsp3) is 0.800. The summed E-state index contributed by atoms with van der Waals surface area (Å²) in [6.07, 6.45) is 4.21. The van der Waals surface area contributed by atoms with Gasteiger partial charge in [0, 0.05) is 14.1 Å². The summed E-state index contributed by atoms with van der Waals surface area (Å²) in [7, 11) is -0.208. The minimum absolute atomic E-state index is 0.120. The Hall–Kier alpha value is -1.31. The second kappa shape index (κ2) is 6.03. The molecule has 104 valence electrons. The first-order valence-corrected chi connectivity index (χ1v) is 7.44. The Morgan fingerprint density at radius 3 is 2.22 bits per heavy atom. The van der Waals surface area contributed by atoms with Gasteiger partial charge in [-0.3, -0.25) is 0 Å². The first kappa shape index (κ1) is 14.7. The van der Waals surface area contributed by atoms with Crippen molar-refractivity contribution in [2.75, 3.05) is 14.1 Å². The Balaban J connectivity index is 2.83. The minimum Gasteiger partial charge on any atom is -0.369 e. The van der Waals surface area contributed by atoms with Crippen LogP contribution >= 0.6 is 0 Å². The highest BCUT2D eigenvalue weighted by molar-refractivity contribution is 7.90. The monoisotopic (exact) mass is 275 g/mol. The summed E-state index contributed by atoms with van der Waals surface area (Å²) >= 11 is 0. The Bertz CT molecular complexity index is 435. The maximum absolute atomic E-state index is 12.0. The highest BCUT2D eigenvalue weighted by Gasteiger charge is 2.27. The van der Waals surface area contributed by atoms with Gasteiger partial charge in [-0.25, -0.2) is 8.42 Å². The third kappa shape index (κ3) is 4.17. The topological polar surface area (TPSA) is 114 Å². The molecular formula is C10H21N5O2S. The van der Waals surface area contributed by atoms with Crippen molar-refractivity contribution in [3.63, 3.8) is 0 Å². The zero-order valence-corrected chi connectivity index (χ0v) is 11.7. The van der Waals surface area contributed by atoms with E-state index in [9.17, 15) is 8.42 Å². The Labute approximate surface area is 108 Å². The number of hydrogen-bond donors (Lipinski definition) is 2. The van der Waals surface area contributed by atoms with Crippen molar-refractivity contribution in [2.45, 2.75) is 37.4 Å². The summed E-state index contributed by atoms with van der Waals surface area (Å²) in [5.41, 5.74) is 11.0. The molecule has 0 saturated heterocycles. The van der Waals surface area contributed by atoms with Crippen LogP contribution in [0.4, 0.5) is 0 Å². The van der Waals surface area contributed by atoms with Gasteiger partial charge in [-0.15, -0.1) is 4.40 Å². The molecule has 1 saturated carbocycles. The Morgan fingerprint density at radius 1 is 1.17 bits per heavy atom. The van der Waals surface area contributed by atoms with Gasteiger partial charge in [-0.2, -0.15) is 4.99 Å². The van der Waals surface area contributed by atoms with Crippen molar-refractivity contribution in [1.82, 2.24) is 4.90 Å². The van der Waals surface area contributed by atoms with Crippen molar-refractivity contribution >= 4 is 21.9 Å². The summed E-state index contributed by atoms with van der Waals surface area (Å²) in [4.78, 5) is 5.25. The maximum atomic E-state index is 12.0. The number of rotatable bonds is 2. The number of aliphatic imine (C=N–C) groups is 1. The summed E-state index contributed by atoms with van der Waals surface area (Å²) in [5, 5.41) is -0.430. The van der Waals surface area contributed by atoms with E-state index < -0.39 is 15.3 Å². The van der Waals surface area contributed by atoms with E-state index in [1.165, 1.54) is 4.90 Å². The second-order valence-corrected chi connectivity index (χ2v) is 6.47. The van der Waals surface area contributed by atoms with Crippen LogP contribution in [0.25, 0.3) is 0 Å². The summed E-state index contributed by atoms with van der Waals surface area (Å²) in [5.74, 6) is -0.193. The van der Waals surface area contributed by atoms with Gasteiger partial charge in [-0.05, 0) is 12.8 Å². The molecule has 1 aliphatic rings. The predicted octanol–water partition coefficient (Wildman–Crippen LogP) is -0.160. The summed E-state index contributed by atoms with van der Waals surface area (Å²) in [6, 6.07) is 0. The fourth-order valence-corrected chi connectivity index (χ4v) is 3.19. The van der Waals surface area contributed by atoms with Gasteiger partial charge in [0.2, 0.25) is 5.96 Å². The van der Waals surface area contributed by atoms with E-state index in [0.29, 0.717) is 12.8 Å². The first-order valence-electron chi connectivity index (χ1n) is 5.93. The van der Waals surface area contributed by atoms with Gasteiger partial charge in [0.15, 0.2) is 5.96 Å². The molecule has 0 spiro atoms. The SMILES string of the molecule is CN(C)/C(N)=N/C(N)=N/S(=O)(=O)C1CCCCC1. The van der Waals surface area contributed by atoms with E-state index in [1.807, 2.05) is 0 Å². The van der Waals surface area contributed by atoms with E-state index >= 15 is 0 Å². The van der Waals surface area contributed by atoms with E-state index in [4.69, 9.17) is 11.5 Å². The van der Waals surface area contributed by atoms with E-state index in [0.717, 1.165) is 19.3 Å². The molecule has 1 rings (SSSR count). The zero-order valence-electron chi connectivity index (χ0n) is 10.8. The maximum Gasteiger partial charge on any atom is 0.259 e. The van der Waals surface area contributed by atoms with Gasteiger partial charge in [0.1, 0.15) is 0 Å². The van der Waals surface area contributed by atoms with Crippen LogP contribution in [0.2, 0.25) is 0 Å². The van der Waals surface area contributed by atoms with Crippen LogP contribution in [-0.4, -0.2) is 44.6 Å². The van der Waals surface area contributed by atoms with Crippen molar-refractivity contribution in [2.24, 2.45) is 20.9 Å². The van der Waals surface area contributed by atoms with Crippen LogP contribution in [0, 0.1) is 0 Å². The number of guanidine groups is 2. The fourth-order valence-electron chi connectivity index (χ4n) is 1.81. The molecule has 7 nitrogen and oxygen atoms in total. The lowest BCUT2D eigenvalue weighted by Gasteiger charge is -2.19. The number of sulfonamides is 1. The lowest BCUT2D eigenvalue weighted by molar-refractivity contribution is 0.484. The Morgan fingerprint density at radius 2 is 1.72 bits per heavy atom. The molecule has 0 radical (unpaired) electrons. The van der Waals surface area contributed by atoms with Crippen LogP contribution in [0.3, 0.4) is 0 Å². The Kier molecular flexibility index (Phi) is 4.94. The lowest BCUT2D eigenvalue weighted by Crippen LogP contribution is -2.33. The van der Waals surface area contributed by atoms with Crippen LogP contribution in [0.5, 0.6) is 0 Å². The summed E-state index contributed by atoms with van der Waals surface area (Å²) in [6.45, 7) is 0. The zero-order chi connectivity index (χ0) is 13.8. The average molecular weight is 275 g/mol. The second-order valence-electron chi connectivity index (χ2n) is 4.59. The largest absolute Gasteiger partial charge is 0.369 e. The van der Waals surface area contributed by atoms with Gasteiger partial charge in [0.05, 0.1) is 5.25 Å². The molecular weight excluding hydrogens is 254 g/mol. The normalized spacial score (nSPS) is 19.9. The third-order valence-electron chi connectivity index (χ3n) is 2.88. The van der Waals surface area contributed by atoms with Crippen molar-refractivity contribution in [1.29, 1.82) is 0 Å². The van der Waals surface area contributed by atoms with Crippen molar-refractivity contribution < 1.29 is 8.42 Å². The molecule has 4 N–H and O–H groups in total. The van der Waals surface area contributed by atoms with Gasteiger partial charge < -0.3 is 16.4 Å². The van der Waals surface area contributed by atoms with E-state index in [-0.39, 0.29) is 11.9 Å². The third-order valence-corrected chi connectivity index (χ3v) is 4.64. The van der Waals surface area contributed by atoms with Gasteiger partial charge in [0.25, 0.3) is 10.0 Å². The van der Waals surface area contributed by atoms with Gasteiger partial charge >= 0.3 is 0 Å². The van der Waals surface area contributed by atoms with Crippen LogP contribution < -0.4 is 11.5 Å². The molecule has 0 aromatic carbocycles. The molecule has 1 aliphatic carbocycles. The highest BCUT2D eigenvalue weighted by Crippen LogP contribution is 2.24. The molecule has 0 heterocycles. The molecule has 0 aromatic rings. The average Bonchev–Trinajstić information content (AvgIpc) is 2.29. The molecule has 0 unspecified atom stereocenters. The molecule has 0 amide bonds. The molecule has 0 bridgehead atoms. The van der Waals surface area contributed by atoms with Crippen molar-refractivity contribution in [3.8, 4) is 0 Å². The van der Waals surface area contributed by atoms with Crippen LogP contribution in [0.1, 0.15) is 32.1 Å². The number of nitrogens with zero attached hydrogens (tertiary/aromatic N) is 3. The minimum atomic E-state index is -3.57. The van der Waals surface area contributed by atoms with Crippen LogP contribution in [-0.2, 0) is 10.0 Å². The smallest absolute Gasteiger partial charge is 0.259 e. The molecule has 0 atom stereocenters. The van der Waals surface area contributed by atoms with E-state index in [2.05, 4.69) is 9.39 Å². The predicted molar refractivity (Wildman–Crippen MR) is 72.7 cm³/mol. The quantitative estimate of drug-likeness (QED) is 0.537. The van der Waals surface area contributed by atoms with Gasteiger partial charge in [-0.1, -0.05) is 19.3 Å². The summed E-state index contributed by atoms with van der Waals surface area (Å²) < 4.78 is 27.4. The first-order chi connectivity index (χ1) is 8.33. The molecule has 1 fully saturated rings. The standard InChI is InChI=1S/C10H21N5O2S/c1-15(2)10(12)13-9(11)14-18(16,17)8-6-4-3-5-7-8/h8H,3-7H2,1-2H3,(H4,11,12,13,14). The molecule has 0 aromatic heterocycles. The van der Waals surface area contributed by atoms with Crippen molar-refractivity contribution in [3.05, 3.63) is 0 Å². The molecule has 8 heteroatoms. The van der Waals surface area contributed by atoms with E-state index in [1.54, 1.807) is 14.1 Å². The highest BCUT2D eigenvalue weighted by atomic mass is 32.2. The molecule has 0 aliphatic heterocycles. The van der Waals surface area contributed by atoms with Crippen LogP contribution in [0.15, 0.2) is 9.39 Å².